The van der Waals surface area contributed by atoms with Gasteiger partial charge in [0.15, 0.2) is 0 Å². The number of hydrogen-bond donors (Lipinski definition) is 1. The molecule has 4 heteroatoms. The molecule has 0 saturated heterocycles. The first-order valence-electron chi connectivity index (χ1n) is 6.38. The van der Waals surface area contributed by atoms with Crippen LogP contribution in [0.3, 0.4) is 0 Å². The highest BCUT2D eigenvalue weighted by Crippen LogP contribution is 2.27. The molecule has 0 aliphatic rings. The molecule has 0 aromatic heterocycles. The van der Waals surface area contributed by atoms with E-state index in [0.29, 0.717) is 11.3 Å². The smallest absolute Gasteiger partial charge is 0.130 e. The van der Waals surface area contributed by atoms with Gasteiger partial charge in [0, 0.05) is 28.3 Å². The Hall–Kier alpha value is -1.39. The average molecular weight is 293 g/mol. The van der Waals surface area contributed by atoms with E-state index in [9.17, 15) is 8.78 Å². The van der Waals surface area contributed by atoms with Gasteiger partial charge in [-0.1, -0.05) is 23.8 Å². The Kier molecular flexibility index (Phi) is 4.78. The monoisotopic (exact) mass is 293 g/mol. The van der Waals surface area contributed by atoms with Crippen LogP contribution in [0.25, 0.3) is 0 Å². The molecule has 106 valence electrons. The first-order valence-corrected chi connectivity index (χ1v) is 7.36. The van der Waals surface area contributed by atoms with Gasteiger partial charge >= 0.3 is 0 Å². The Morgan fingerprint density at radius 1 is 1.10 bits per heavy atom. The van der Waals surface area contributed by atoms with Crippen LogP contribution in [0, 0.1) is 25.5 Å². The molecule has 1 nitrogen and oxygen atoms in total. The quantitative estimate of drug-likeness (QED) is 0.847. The zero-order valence-corrected chi connectivity index (χ0v) is 12.3. The summed E-state index contributed by atoms with van der Waals surface area (Å²) in [7, 11) is 0. The lowest BCUT2D eigenvalue weighted by Crippen LogP contribution is -2.15. The molecule has 1 atom stereocenters. The Morgan fingerprint density at radius 3 is 2.50 bits per heavy atom. The number of rotatable bonds is 4. The van der Waals surface area contributed by atoms with Crippen molar-refractivity contribution in [2.24, 2.45) is 5.73 Å². The van der Waals surface area contributed by atoms with Crippen molar-refractivity contribution < 1.29 is 8.78 Å². The van der Waals surface area contributed by atoms with Crippen LogP contribution >= 0.6 is 11.8 Å². The maximum absolute atomic E-state index is 13.6. The molecule has 20 heavy (non-hydrogen) atoms. The number of hydrogen-bond acceptors (Lipinski definition) is 2. The van der Waals surface area contributed by atoms with Crippen molar-refractivity contribution in [2.45, 2.75) is 24.8 Å². The molecule has 0 fully saturated rings. The summed E-state index contributed by atoms with van der Waals surface area (Å²) in [5.41, 5.74) is 8.73. The van der Waals surface area contributed by atoms with Crippen molar-refractivity contribution in [3.63, 3.8) is 0 Å². The summed E-state index contributed by atoms with van der Waals surface area (Å²) in [4.78, 5) is 1.13. The van der Waals surface area contributed by atoms with Crippen molar-refractivity contribution in [1.29, 1.82) is 0 Å². The first kappa shape index (κ1) is 15.0. The molecule has 0 heterocycles. The highest BCUT2D eigenvalue weighted by Gasteiger charge is 2.13. The molecule has 2 N–H and O–H groups in total. The van der Waals surface area contributed by atoms with E-state index >= 15 is 0 Å². The molecule has 0 amide bonds. The third kappa shape index (κ3) is 3.58. The van der Waals surface area contributed by atoms with E-state index in [0.717, 1.165) is 11.0 Å². The van der Waals surface area contributed by atoms with E-state index in [4.69, 9.17) is 5.73 Å². The van der Waals surface area contributed by atoms with Crippen molar-refractivity contribution in [2.75, 3.05) is 5.75 Å². The van der Waals surface area contributed by atoms with Crippen molar-refractivity contribution in [3.8, 4) is 0 Å². The summed E-state index contributed by atoms with van der Waals surface area (Å²) >= 11 is 1.59. The number of thioether (sulfide) groups is 1. The van der Waals surface area contributed by atoms with Gasteiger partial charge in [0.05, 0.1) is 0 Å². The topological polar surface area (TPSA) is 26.0 Å². The Labute approximate surface area is 122 Å². The molecule has 0 saturated carbocycles. The lowest BCUT2D eigenvalue weighted by molar-refractivity contribution is 0.563. The molecule has 2 aromatic carbocycles. The predicted octanol–water partition coefficient (Wildman–Crippen LogP) is 4.37. The van der Waals surface area contributed by atoms with Crippen LogP contribution in [0.15, 0.2) is 41.3 Å². The van der Waals surface area contributed by atoms with E-state index in [-0.39, 0.29) is 0 Å². The Balaban J connectivity index is 2.06. The van der Waals surface area contributed by atoms with E-state index in [2.05, 4.69) is 6.07 Å². The van der Waals surface area contributed by atoms with Gasteiger partial charge in [-0.25, -0.2) is 8.78 Å². The normalized spacial score (nSPS) is 12.4. The summed E-state index contributed by atoms with van der Waals surface area (Å²) in [5, 5.41) is 0. The molecule has 1 unspecified atom stereocenters. The van der Waals surface area contributed by atoms with Crippen LogP contribution in [0.5, 0.6) is 0 Å². The van der Waals surface area contributed by atoms with E-state index < -0.39 is 17.7 Å². The fraction of sp³-hybridized carbons (Fsp3) is 0.250. The summed E-state index contributed by atoms with van der Waals surface area (Å²) in [6, 6.07) is 9.25. The standard InChI is InChI=1S/C16H17F2NS/c1-10-3-6-16(11(2)7-10)20-9-15(19)13-5-4-12(17)8-14(13)18/h3-8,15H,9,19H2,1-2H3. The highest BCUT2D eigenvalue weighted by molar-refractivity contribution is 7.99. The van der Waals surface area contributed by atoms with Gasteiger partial charge in [0.1, 0.15) is 11.6 Å². The lowest BCUT2D eigenvalue weighted by Gasteiger charge is -2.14. The molecule has 0 spiro atoms. The molecular formula is C16H17F2NS. The highest BCUT2D eigenvalue weighted by atomic mass is 32.2. The molecule has 2 rings (SSSR count). The maximum Gasteiger partial charge on any atom is 0.130 e. The Bertz CT molecular complexity index is 613. The van der Waals surface area contributed by atoms with Gasteiger partial charge in [0.25, 0.3) is 0 Å². The second-order valence-corrected chi connectivity index (χ2v) is 5.91. The van der Waals surface area contributed by atoms with Crippen LogP contribution in [0.1, 0.15) is 22.7 Å². The average Bonchev–Trinajstić information content (AvgIpc) is 2.37. The van der Waals surface area contributed by atoms with Crippen LogP contribution in [-0.4, -0.2) is 5.75 Å². The zero-order valence-electron chi connectivity index (χ0n) is 11.5. The second kappa shape index (κ2) is 6.37. The van der Waals surface area contributed by atoms with Gasteiger partial charge in [-0.3, -0.25) is 0 Å². The molecule has 0 radical (unpaired) electrons. The van der Waals surface area contributed by atoms with Gasteiger partial charge in [-0.05, 0) is 31.5 Å². The minimum atomic E-state index is -0.585. The van der Waals surface area contributed by atoms with E-state index in [1.54, 1.807) is 11.8 Å². The SMILES string of the molecule is Cc1ccc(SCC(N)c2ccc(F)cc2F)c(C)c1. The molecular weight excluding hydrogens is 276 g/mol. The molecule has 0 aliphatic heterocycles. The van der Waals surface area contributed by atoms with Crippen LogP contribution in [-0.2, 0) is 0 Å². The Morgan fingerprint density at radius 2 is 1.85 bits per heavy atom. The van der Waals surface area contributed by atoms with Crippen molar-refractivity contribution >= 4 is 11.8 Å². The van der Waals surface area contributed by atoms with Gasteiger partial charge < -0.3 is 5.73 Å². The summed E-state index contributed by atoms with van der Waals surface area (Å²) < 4.78 is 26.5. The third-order valence-electron chi connectivity index (χ3n) is 3.11. The predicted molar refractivity (Wildman–Crippen MR) is 79.9 cm³/mol. The largest absolute Gasteiger partial charge is 0.323 e. The maximum atomic E-state index is 13.6. The third-order valence-corrected chi connectivity index (χ3v) is 4.41. The number of benzene rings is 2. The van der Waals surface area contributed by atoms with Gasteiger partial charge in [-0.15, -0.1) is 11.8 Å². The lowest BCUT2D eigenvalue weighted by atomic mass is 10.1. The minimum Gasteiger partial charge on any atom is -0.323 e. The number of halogens is 2. The van der Waals surface area contributed by atoms with Crippen molar-refractivity contribution in [3.05, 3.63) is 64.7 Å². The minimum absolute atomic E-state index is 0.351. The first-order chi connectivity index (χ1) is 9.47. The van der Waals surface area contributed by atoms with Gasteiger partial charge in [-0.2, -0.15) is 0 Å². The van der Waals surface area contributed by atoms with E-state index in [1.807, 2.05) is 26.0 Å². The molecule has 0 aliphatic carbocycles. The summed E-state index contributed by atoms with van der Waals surface area (Å²) in [6.07, 6.45) is 0. The molecule has 0 bridgehead atoms. The van der Waals surface area contributed by atoms with Crippen LogP contribution < -0.4 is 5.73 Å². The fourth-order valence-electron chi connectivity index (χ4n) is 2.03. The zero-order chi connectivity index (χ0) is 14.7. The van der Waals surface area contributed by atoms with E-state index in [1.165, 1.54) is 23.3 Å². The number of aryl methyl sites for hydroxylation is 2. The van der Waals surface area contributed by atoms with Crippen LogP contribution in [0.4, 0.5) is 8.78 Å². The summed E-state index contributed by atoms with van der Waals surface area (Å²) in [6.45, 7) is 4.08. The van der Waals surface area contributed by atoms with Gasteiger partial charge in [0.2, 0.25) is 0 Å². The number of nitrogens with two attached hydrogens (primary N) is 1. The fourth-order valence-corrected chi connectivity index (χ4v) is 3.02. The van der Waals surface area contributed by atoms with Crippen molar-refractivity contribution in [1.82, 2.24) is 0 Å². The second-order valence-electron chi connectivity index (χ2n) is 4.85. The van der Waals surface area contributed by atoms with Crippen LogP contribution in [0.2, 0.25) is 0 Å². The summed E-state index contributed by atoms with van der Waals surface area (Å²) in [5.74, 6) is -0.619. The molecule has 2 aromatic rings.